The number of amides is 1. The molecule has 0 aromatic rings. The minimum Gasteiger partial charge on any atom is -0.354 e. The van der Waals surface area contributed by atoms with Crippen molar-refractivity contribution in [2.45, 2.75) is 90.5 Å². The third-order valence-corrected chi connectivity index (χ3v) is 5.29. The Labute approximate surface area is 125 Å². The van der Waals surface area contributed by atoms with E-state index in [4.69, 9.17) is 0 Å². The van der Waals surface area contributed by atoms with Gasteiger partial charge in [0.1, 0.15) is 0 Å². The van der Waals surface area contributed by atoms with Gasteiger partial charge in [-0.25, -0.2) is 0 Å². The molecule has 0 spiro atoms. The van der Waals surface area contributed by atoms with Gasteiger partial charge in [0.2, 0.25) is 5.91 Å². The van der Waals surface area contributed by atoms with Gasteiger partial charge in [-0.1, -0.05) is 51.4 Å². The third kappa shape index (κ3) is 5.10. The summed E-state index contributed by atoms with van der Waals surface area (Å²) < 4.78 is 0. The van der Waals surface area contributed by atoms with E-state index in [1.807, 2.05) is 0 Å². The third-order valence-electron chi connectivity index (χ3n) is 5.29. The van der Waals surface area contributed by atoms with E-state index in [1.54, 1.807) is 0 Å². The van der Waals surface area contributed by atoms with Gasteiger partial charge in [-0.05, 0) is 44.9 Å². The lowest BCUT2D eigenvalue weighted by atomic mass is 9.86. The van der Waals surface area contributed by atoms with Gasteiger partial charge in [-0.2, -0.15) is 0 Å². The summed E-state index contributed by atoms with van der Waals surface area (Å²) >= 11 is 0. The van der Waals surface area contributed by atoms with Crippen LogP contribution in [0.5, 0.6) is 0 Å². The highest BCUT2D eigenvalue weighted by Crippen LogP contribution is 2.34. The lowest BCUT2D eigenvalue weighted by Crippen LogP contribution is -2.36. The number of hydrogen-bond donors (Lipinski definition) is 1. The second-order valence-electron chi connectivity index (χ2n) is 7.47. The molecule has 2 saturated carbocycles. The van der Waals surface area contributed by atoms with Crippen molar-refractivity contribution in [3.63, 3.8) is 0 Å². The maximum absolute atomic E-state index is 12.4. The van der Waals surface area contributed by atoms with Crippen LogP contribution in [0.15, 0.2) is 0 Å². The molecule has 2 fully saturated rings. The normalized spacial score (nSPS) is 22.6. The fourth-order valence-corrected chi connectivity index (χ4v) is 4.14. The summed E-state index contributed by atoms with van der Waals surface area (Å²) in [6, 6.07) is 0.278. The molecule has 2 heteroatoms. The van der Waals surface area contributed by atoms with E-state index < -0.39 is 0 Å². The standard InChI is InChI=1S/C18H33NO/c1-14(2)19-18(20)17(13-16-9-5-6-10-16)12-11-15-7-3-4-8-15/h14-17H,3-13H2,1-2H3,(H,19,20). The monoisotopic (exact) mass is 279 g/mol. The molecule has 116 valence electrons. The van der Waals surface area contributed by atoms with Crippen LogP contribution < -0.4 is 5.32 Å². The van der Waals surface area contributed by atoms with Crippen LogP contribution in [0.2, 0.25) is 0 Å². The number of hydrogen-bond acceptors (Lipinski definition) is 1. The summed E-state index contributed by atoms with van der Waals surface area (Å²) in [6.07, 6.45) is 14.7. The van der Waals surface area contributed by atoms with E-state index in [0.717, 1.165) is 24.7 Å². The average molecular weight is 279 g/mol. The van der Waals surface area contributed by atoms with Crippen LogP contribution in [0.25, 0.3) is 0 Å². The zero-order chi connectivity index (χ0) is 14.4. The van der Waals surface area contributed by atoms with Crippen LogP contribution in [-0.2, 0) is 4.79 Å². The Morgan fingerprint density at radius 3 is 2.10 bits per heavy atom. The van der Waals surface area contributed by atoms with Gasteiger partial charge in [0.05, 0.1) is 0 Å². The molecule has 2 aliphatic carbocycles. The maximum Gasteiger partial charge on any atom is 0.223 e. The fourth-order valence-electron chi connectivity index (χ4n) is 4.14. The molecule has 0 heterocycles. The summed E-state index contributed by atoms with van der Waals surface area (Å²) in [4.78, 5) is 12.4. The maximum atomic E-state index is 12.4. The second kappa shape index (κ2) is 8.05. The summed E-state index contributed by atoms with van der Waals surface area (Å²) in [7, 11) is 0. The smallest absolute Gasteiger partial charge is 0.223 e. The van der Waals surface area contributed by atoms with E-state index in [9.17, 15) is 4.79 Å². The predicted molar refractivity (Wildman–Crippen MR) is 84.5 cm³/mol. The molecule has 0 radical (unpaired) electrons. The summed E-state index contributed by atoms with van der Waals surface area (Å²) in [5, 5.41) is 3.15. The van der Waals surface area contributed by atoms with Crippen molar-refractivity contribution in [3.8, 4) is 0 Å². The highest BCUT2D eigenvalue weighted by Gasteiger charge is 2.26. The molecule has 1 atom stereocenters. The predicted octanol–water partition coefficient (Wildman–Crippen LogP) is 4.68. The Morgan fingerprint density at radius 1 is 1.00 bits per heavy atom. The number of carbonyl (C=O) groups is 1. The number of nitrogens with one attached hydrogen (secondary N) is 1. The zero-order valence-electron chi connectivity index (χ0n) is 13.5. The Kier molecular flexibility index (Phi) is 6.38. The van der Waals surface area contributed by atoms with Crippen LogP contribution in [-0.4, -0.2) is 11.9 Å². The average Bonchev–Trinajstić information content (AvgIpc) is 3.06. The molecular formula is C18H33NO. The van der Waals surface area contributed by atoms with Crippen LogP contribution in [0.3, 0.4) is 0 Å². The number of rotatable bonds is 7. The Morgan fingerprint density at radius 2 is 1.55 bits per heavy atom. The molecule has 1 unspecified atom stereocenters. The Bertz CT molecular complexity index is 288. The van der Waals surface area contributed by atoms with Gasteiger partial charge in [-0.15, -0.1) is 0 Å². The van der Waals surface area contributed by atoms with Crippen LogP contribution in [0.4, 0.5) is 0 Å². The van der Waals surface area contributed by atoms with Crippen molar-refractivity contribution >= 4 is 5.91 Å². The molecule has 2 aliphatic rings. The van der Waals surface area contributed by atoms with Crippen molar-refractivity contribution in [2.24, 2.45) is 17.8 Å². The van der Waals surface area contributed by atoms with Gasteiger partial charge in [-0.3, -0.25) is 4.79 Å². The quantitative estimate of drug-likeness (QED) is 0.720. The molecule has 2 nitrogen and oxygen atoms in total. The van der Waals surface area contributed by atoms with Gasteiger partial charge in [0.15, 0.2) is 0 Å². The molecule has 1 amide bonds. The SMILES string of the molecule is CC(C)NC(=O)C(CCC1CCCC1)CC1CCCC1. The summed E-state index contributed by atoms with van der Waals surface area (Å²) in [5.74, 6) is 2.33. The summed E-state index contributed by atoms with van der Waals surface area (Å²) in [5.41, 5.74) is 0. The summed E-state index contributed by atoms with van der Waals surface area (Å²) in [6.45, 7) is 4.14. The van der Waals surface area contributed by atoms with E-state index in [-0.39, 0.29) is 12.0 Å². The second-order valence-corrected chi connectivity index (χ2v) is 7.47. The van der Waals surface area contributed by atoms with Crippen molar-refractivity contribution in [3.05, 3.63) is 0 Å². The molecule has 1 N–H and O–H groups in total. The van der Waals surface area contributed by atoms with Gasteiger partial charge >= 0.3 is 0 Å². The zero-order valence-corrected chi connectivity index (χ0v) is 13.5. The van der Waals surface area contributed by atoms with Gasteiger partial charge in [0, 0.05) is 12.0 Å². The van der Waals surface area contributed by atoms with Gasteiger partial charge < -0.3 is 5.32 Å². The Balaban J connectivity index is 1.82. The first kappa shape index (κ1) is 15.9. The van der Waals surface area contributed by atoms with Crippen molar-refractivity contribution in [1.82, 2.24) is 5.32 Å². The molecular weight excluding hydrogens is 246 g/mol. The topological polar surface area (TPSA) is 29.1 Å². The Hall–Kier alpha value is -0.530. The van der Waals surface area contributed by atoms with E-state index in [1.165, 1.54) is 57.8 Å². The molecule has 20 heavy (non-hydrogen) atoms. The van der Waals surface area contributed by atoms with Crippen molar-refractivity contribution in [1.29, 1.82) is 0 Å². The van der Waals surface area contributed by atoms with Crippen molar-refractivity contribution in [2.75, 3.05) is 0 Å². The van der Waals surface area contributed by atoms with Crippen LogP contribution in [0.1, 0.15) is 84.5 Å². The van der Waals surface area contributed by atoms with Crippen LogP contribution in [0, 0.1) is 17.8 Å². The lowest BCUT2D eigenvalue weighted by Gasteiger charge is -2.22. The van der Waals surface area contributed by atoms with Crippen LogP contribution >= 0.6 is 0 Å². The molecule has 2 rings (SSSR count). The van der Waals surface area contributed by atoms with E-state index >= 15 is 0 Å². The highest BCUT2D eigenvalue weighted by molar-refractivity contribution is 5.78. The van der Waals surface area contributed by atoms with E-state index in [2.05, 4.69) is 19.2 Å². The largest absolute Gasteiger partial charge is 0.354 e. The first-order chi connectivity index (χ1) is 9.65. The minimum absolute atomic E-state index is 0.278. The highest BCUT2D eigenvalue weighted by atomic mass is 16.1. The molecule has 0 aromatic heterocycles. The first-order valence-electron chi connectivity index (χ1n) is 8.95. The van der Waals surface area contributed by atoms with Crippen molar-refractivity contribution < 1.29 is 4.79 Å². The first-order valence-corrected chi connectivity index (χ1v) is 8.95. The van der Waals surface area contributed by atoms with E-state index in [0.29, 0.717) is 5.91 Å². The molecule has 0 saturated heterocycles. The van der Waals surface area contributed by atoms with Gasteiger partial charge in [0.25, 0.3) is 0 Å². The minimum atomic E-state index is 0.278. The molecule has 0 bridgehead atoms. The molecule has 0 aliphatic heterocycles. The lowest BCUT2D eigenvalue weighted by molar-refractivity contribution is -0.126. The fraction of sp³-hybridized carbons (Fsp3) is 0.944. The molecule has 0 aromatic carbocycles. The number of carbonyl (C=O) groups excluding carboxylic acids is 1.